The summed E-state index contributed by atoms with van der Waals surface area (Å²) in [7, 11) is 2.93. The number of fused-ring (bicyclic) bond motifs is 2. The summed E-state index contributed by atoms with van der Waals surface area (Å²) in [5, 5.41) is 8.83. The zero-order chi connectivity index (χ0) is 23.3. The van der Waals surface area contributed by atoms with Crippen molar-refractivity contribution in [2.45, 2.75) is 38.0 Å². The minimum absolute atomic E-state index is 0.00186. The number of nitrogens with zero attached hydrogens (tertiary/aromatic N) is 2. The second-order valence-electron chi connectivity index (χ2n) is 7.44. The van der Waals surface area contributed by atoms with Crippen LogP contribution in [0.5, 0.6) is 11.5 Å². The SMILES string of the molecule is C=CCOC(=O)N1c2cc(OCCCC(=O)O)c(OC)cc2C(=O)N2CCC[C@H]2C1OC. The number of carboxylic acid groups (broad SMARTS) is 1. The molecular formula is C22H28N2O8. The van der Waals surface area contributed by atoms with Crippen LogP contribution in [0.2, 0.25) is 0 Å². The van der Waals surface area contributed by atoms with Gasteiger partial charge in [-0.1, -0.05) is 12.7 Å². The Morgan fingerprint density at radius 1 is 1.28 bits per heavy atom. The number of aliphatic carboxylic acids is 1. The van der Waals surface area contributed by atoms with Crippen molar-refractivity contribution in [2.75, 3.05) is 38.9 Å². The maximum atomic E-state index is 13.4. The molecule has 174 valence electrons. The van der Waals surface area contributed by atoms with Crippen molar-refractivity contribution in [3.05, 3.63) is 30.4 Å². The van der Waals surface area contributed by atoms with Crippen LogP contribution >= 0.6 is 0 Å². The van der Waals surface area contributed by atoms with E-state index in [1.54, 1.807) is 4.90 Å². The second-order valence-corrected chi connectivity index (χ2v) is 7.44. The summed E-state index contributed by atoms with van der Waals surface area (Å²) in [4.78, 5) is 40.2. The van der Waals surface area contributed by atoms with Crippen LogP contribution in [0, 0.1) is 0 Å². The number of anilines is 1. The third-order valence-corrected chi connectivity index (χ3v) is 5.47. The van der Waals surface area contributed by atoms with Crippen LogP contribution in [-0.4, -0.2) is 74.2 Å². The number of rotatable bonds is 9. The monoisotopic (exact) mass is 448 g/mol. The highest BCUT2D eigenvalue weighted by Gasteiger charge is 2.46. The van der Waals surface area contributed by atoms with E-state index in [1.165, 1.54) is 37.3 Å². The molecule has 2 atom stereocenters. The van der Waals surface area contributed by atoms with E-state index in [9.17, 15) is 14.4 Å². The number of carbonyl (C=O) groups excluding carboxylic acids is 2. The molecular weight excluding hydrogens is 420 g/mol. The van der Waals surface area contributed by atoms with E-state index in [-0.39, 0.29) is 55.0 Å². The van der Waals surface area contributed by atoms with Gasteiger partial charge in [-0.15, -0.1) is 0 Å². The van der Waals surface area contributed by atoms with Crippen molar-refractivity contribution in [3.63, 3.8) is 0 Å². The van der Waals surface area contributed by atoms with E-state index in [0.29, 0.717) is 18.7 Å². The highest BCUT2D eigenvalue weighted by molar-refractivity contribution is 6.06. The Bertz CT molecular complexity index is 887. The molecule has 1 aromatic carbocycles. The first-order valence-electron chi connectivity index (χ1n) is 10.4. The Morgan fingerprint density at radius 2 is 2.06 bits per heavy atom. The molecule has 2 amide bonds. The van der Waals surface area contributed by atoms with Crippen molar-refractivity contribution in [3.8, 4) is 11.5 Å². The van der Waals surface area contributed by atoms with Gasteiger partial charge >= 0.3 is 12.1 Å². The fourth-order valence-electron chi connectivity index (χ4n) is 4.07. The summed E-state index contributed by atoms with van der Waals surface area (Å²) in [5.41, 5.74) is 0.543. The first-order valence-corrected chi connectivity index (χ1v) is 10.4. The van der Waals surface area contributed by atoms with Crippen LogP contribution in [0.4, 0.5) is 10.5 Å². The van der Waals surface area contributed by atoms with Gasteiger partial charge in [0, 0.05) is 26.1 Å². The van der Waals surface area contributed by atoms with Gasteiger partial charge in [0.25, 0.3) is 5.91 Å². The predicted molar refractivity (Wildman–Crippen MR) is 114 cm³/mol. The van der Waals surface area contributed by atoms with Crippen molar-refractivity contribution < 1.29 is 38.4 Å². The lowest BCUT2D eigenvalue weighted by Crippen LogP contribution is -2.52. The Kier molecular flexibility index (Phi) is 7.57. The number of benzene rings is 1. The lowest BCUT2D eigenvalue weighted by molar-refractivity contribution is -0.137. The van der Waals surface area contributed by atoms with E-state index in [4.69, 9.17) is 24.1 Å². The molecule has 10 nitrogen and oxygen atoms in total. The Labute approximate surface area is 186 Å². The van der Waals surface area contributed by atoms with E-state index >= 15 is 0 Å². The van der Waals surface area contributed by atoms with Gasteiger partial charge in [0.1, 0.15) is 6.61 Å². The van der Waals surface area contributed by atoms with Gasteiger partial charge in [-0.25, -0.2) is 9.69 Å². The third kappa shape index (κ3) is 4.64. The van der Waals surface area contributed by atoms with Gasteiger partial charge in [0.2, 0.25) is 0 Å². The van der Waals surface area contributed by atoms with E-state index in [2.05, 4.69) is 6.58 Å². The molecule has 1 saturated heterocycles. The minimum Gasteiger partial charge on any atom is -0.493 e. The lowest BCUT2D eigenvalue weighted by atomic mass is 10.1. The number of methoxy groups -OCH3 is 2. The molecule has 0 aromatic heterocycles. The van der Waals surface area contributed by atoms with E-state index < -0.39 is 18.3 Å². The van der Waals surface area contributed by atoms with Crippen molar-refractivity contribution in [1.29, 1.82) is 0 Å². The number of amides is 2. The molecule has 2 aliphatic rings. The van der Waals surface area contributed by atoms with Crippen LogP contribution in [0.1, 0.15) is 36.0 Å². The smallest absolute Gasteiger partial charge is 0.416 e. The van der Waals surface area contributed by atoms with Gasteiger partial charge in [-0.3, -0.25) is 9.59 Å². The number of carbonyl (C=O) groups is 3. The van der Waals surface area contributed by atoms with Crippen LogP contribution in [0.3, 0.4) is 0 Å². The van der Waals surface area contributed by atoms with Gasteiger partial charge in [0.15, 0.2) is 17.7 Å². The normalized spacial score (nSPS) is 19.6. The first kappa shape index (κ1) is 23.4. The van der Waals surface area contributed by atoms with Gasteiger partial charge in [-0.2, -0.15) is 0 Å². The fourth-order valence-corrected chi connectivity index (χ4v) is 4.07. The summed E-state index contributed by atoms with van der Waals surface area (Å²) in [6.07, 6.45) is 1.73. The highest BCUT2D eigenvalue weighted by atomic mass is 16.6. The summed E-state index contributed by atoms with van der Waals surface area (Å²) < 4.78 is 22.2. The van der Waals surface area contributed by atoms with Crippen LogP contribution < -0.4 is 14.4 Å². The number of hydrogen-bond donors (Lipinski definition) is 1. The lowest BCUT2D eigenvalue weighted by Gasteiger charge is -2.34. The molecule has 2 heterocycles. The largest absolute Gasteiger partial charge is 0.493 e. The molecule has 3 rings (SSSR count). The standard InChI is InChI=1S/C22H28N2O8/c1-4-10-32-22(28)24-16-13-18(31-11-6-8-19(25)26)17(29-2)12-14(16)20(27)23-9-5-7-15(23)21(24)30-3/h4,12-13,15,21H,1,5-11H2,2-3H3,(H,25,26)/t15-,21?/m0/s1. The van der Waals surface area contributed by atoms with E-state index in [1.807, 2.05) is 0 Å². The average Bonchev–Trinajstić information content (AvgIpc) is 3.24. The molecule has 10 heteroatoms. The maximum absolute atomic E-state index is 13.4. The Morgan fingerprint density at radius 3 is 2.72 bits per heavy atom. The number of ether oxygens (including phenoxy) is 4. The van der Waals surface area contributed by atoms with Crippen LogP contribution in [0.15, 0.2) is 24.8 Å². The molecule has 1 fully saturated rings. The molecule has 2 aliphatic heterocycles. The van der Waals surface area contributed by atoms with Gasteiger partial charge < -0.3 is 29.0 Å². The quantitative estimate of drug-likeness (QED) is 0.453. The molecule has 0 radical (unpaired) electrons. The molecule has 32 heavy (non-hydrogen) atoms. The summed E-state index contributed by atoms with van der Waals surface area (Å²) >= 11 is 0. The fraction of sp³-hybridized carbons (Fsp3) is 0.500. The zero-order valence-electron chi connectivity index (χ0n) is 18.2. The average molecular weight is 448 g/mol. The molecule has 0 saturated carbocycles. The van der Waals surface area contributed by atoms with Crippen molar-refractivity contribution >= 4 is 23.7 Å². The number of hydrogen-bond acceptors (Lipinski definition) is 7. The second kappa shape index (κ2) is 10.4. The summed E-state index contributed by atoms with van der Waals surface area (Å²) in [5.74, 6) is -0.576. The zero-order valence-corrected chi connectivity index (χ0v) is 18.2. The molecule has 1 N–H and O–H groups in total. The van der Waals surface area contributed by atoms with Gasteiger partial charge in [0.05, 0.1) is 31.0 Å². The molecule has 1 aromatic rings. The minimum atomic E-state index is -0.923. The van der Waals surface area contributed by atoms with Crippen LogP contribution in [-0.2, 0) is 14.3 Å². The summed E-state index contributed by atoms with van der Waals surface area (Å²) in [6, 6.07) is 2.74. The molecule has 0 aliphatic carbocycles. The van der Waals surface area contributed by atoms with Crippen molar-refractivity contribution in [1.82, 2.24) is 4.90 Å². The number of carboxylic acids is 1. The third-order valence-electron chi connectivity index (χ3n) is 5.47. The predicted octanol–water partition coefficient (Wildman–Crippen LogP) is 2.66. The van der Waals surface area contributed by atoms with E-state index in [0.717, 1.165) is 6.42 Å². The highest BCUT2D eigenvalue weighted by Crippen LogP contribution is 2.41. The Balaban J connectivity index is 2.06. The summed E-state index contributed by atoms with van der Waals surface area (Å²) in [6.45, 7) is 4.24. The van der Waals surface area contributed by atoms with Crippen LogP contribution in [0.25, 0.3) is 0 Å². The molecule has 1 unspecified atom stereocenters. The topological polar surface area (TPSA) is 115 Å². The van der Waals surface area contributed by atoms with Crippen molar-refractivity contribution in [2.24, 2.45) is 0 Å². The first-order chi connectivity index (χ1) is 15.4. The Hall–Kier alpha value is -3.27. The van der Waals surface area contributed by atoms with Gasteiger partial charge in [-0.05, 0) is 25.3 Å². The molecule has 0 bridgehead atoms. The molecule has 0 spiro atoms. The maximum Gasteiger partial charge on any atom is 0.416 e.